The number of rotatable bonds is 4. The molecule has 0 aliphatic heterocycles. The number of amides is 1. The van der Waals surface area contributed by atoms with Crippen molar-refractivity contribution < 1.29 is 9.72 Å². The van der Waals surface area contributed by atoms with Gasteiger partial charge in [0.2, 0.25) is 0 Å². The van der Waals surface area contributed by atoms with Crippen molar-refractivity contribution >= 4 is 27.5 Å². The van der Waals surface area contributed by atoms with Crippen molar-refractivity contribution in [1.29, 1.82) is 0 Å². The molecule has 0 atom stereocenters. The molecule has 0 aromatic heterocycles. The number of nitro groups is 1. The molecule has 5 nitrogen and oxygen atoms in total. The number of halogens is 1. The summed E-state index contributed by atoms with van der Waals surface area (Å²) >= 11 is 3.29. The minimum Gasteiger partial charge on any atom is -0.346 e. The molecule has 0 aliphatic carbocycles. The molecule has 0 saturated heterocycles. The van der Waals surface area contributed by atoms with Gasteiger partial charge in [0.25, 0.3) is 11.6 Å². The number of alkyl halides is 1. The van der Waals surface area contributed by atoms with Crippen LogP contribution in [0.4, 0.5) is 5.69 Å². The molecule has 0 fully saturated rings. The first kappa shape index (κ1) is 13.6. The van der Waals surface area contributed by atoms with E-state index in [1.54, 1.807) is 6.07 Å². The Bertz CT molecular complexity index is 446. The van der Waals surface area contributed by atoms with E-state index >= 15 is 0 Å². The van der Waals surface area contributed by atoms with Crippen LogP contribution in [0.5, 0.6) is 0 Å². The smallest absolute Gasteiger partial charge is 0.270 e. The fourth-order valence-electron chi connectivity index (χ4n) is 1.17. The molecule has 1 aromatic rings. The molecule has 1 aromatic carbocycles. The van der Waals surface area contributed by atoms with E-state index in [-0.39, 0.29) is 17.2 Å². The topological polar surface area (TPSA) is 72.2 Å². The van der Waals surface area contributed by atoms with E-state index in [0.29, 0.717) is 5.33 Å². The van der Waals surface area contributed by atoms with Crippen LogP contribution in [0, 0.1) is 10.1 Å². The first-order chi connectivity index (χ1) is 7.85. The van der Waals surface area contributed by atoms with Crippen LogP contribution in [0.15, 0.2) is 24.3 Å². The van der Waals surface area contributed by atoms with Gasteiger partial charge in [-0.05, 0) is 19.9 Å². The molecule has 6 heteroatoms. The summed E-state index contributed by atoms with van der Waals surface area (Å²) in [5.74, 6) is -0.321. The second-order valence-corrected chi connectivity index (χ2v) is 4.84. The quantitative estimate of drug-likeness (QED) is 0.527. The van der Waals surface area contributed by atoms with E-state index in [1.165, 1.54) is 18.2 Å². The molecule has 1 amide bonds. The van der Waals surface area contributed by atoms with E-state index in [9.17, 15) is 14.9 Å². The summed E-state index contributed by atoms with van der Waals surface area (Å²) < 4.78 is 0. The molecule has 0 saturated carbocycles. The average Bonchev–Trinajstić information content (AvgIpc) is 2.28. The second kappa shape index (κ2) is 5.27. The molecular formula is C11H13BrN2O3. The number of carbonyl (C=O) groups is 1. The van der Waals surface area contributed by atoms with E-state index in [1.807, 2.05) is 13.8 Å². The van der Waals surface area contributed by atoms with Gasteiger partial charge in [-0.1, -0.05) is 22.0 Å². The molecular weight excluding hydrogens is 288 g/mol. The third-order valence-electron chi connectivity index (χ3n) is 2.11. The lowest BCUT2D eigenvalue weighted by molar-refractivity contribution is -0.384. The number of nitrogens with zero attached hydrogens (tertiary/aromatic N) is 1. The Morgan fingerprint density at radius 1 is 1.53 bits per heavy atom. The largest absolute Gasteiger partial charge is 0.346 e. The predicted molar refractivity (Wildman–Crippen MR) is 68.4 cm³/mol. The molecule has 17 heavy (non-hydrogen) atoms. The molecule has 1 N–H and O–H groups in total. The third kappa shape index (κ3) is 3.81. The molecule has 92 valence electrons. The van der Waals surface area contributed by atoms with Crippen molar-refractivity contribution in [3.05, 3.63) is 39.9 Å². The average molecular weight is 301 g/mol. The van der Waals surface area contributed by atoms with Gasteiger partial charge in [-0.2, -0.15) is 0 Å². The van der Waals surface area contributed by atoms with Gasteiger partial charge in [0.15, 0.2) is 0 Å². The van der Waals surface area contributed by atoms with E-state index in [2.05, 4.69) is 21.2 Å². The van der Waals surface area contributed by atoms with Gasteiger partial charge in [0.1, 0.15) is 0 Å². The van der Waals surface area contributed by atoms with Crippen molar-refractivity contribution in [2.45, 2.75) is 19.4 Å². The zero-order chi connectivity index (χ0) is 13.1. The van der Waals surface area contributed by atoms with E-state index in [4.69, 9.17) is 0 Å². The Hall–Kier alpha value is -1.43. The third-order valence-corrected chi connectivity index (χ3v) is 3.51. The lowest BCUT2D eigenvalue weighted by Crippen LogP contribution is -2.44. The number of benzene rings is 1. The van der Waals surface area contributed by atoms with Gasteiger partial charge < -0.3 is 5.32 Å². The predicted octanol–water partition coefficient (Wildman–Crippen LogP) is 2.50. The summed E-state index contributed by atoms with van der Waals surface area (Å²) in [7, 11) is 0. The Morgan fingerprint density at radius 2 is 2.18 bits per heavy atom. The Balaban J connectivity index is 2.90. The summed E-state index contributed by atoms with van der Waals surface area (Å²) in [6.07, 6.45) is 0. The molecule has 0 heterocycles. The Morgan fingerprint density at radius 3 is 2.71 bits per heavy atom. The Labute approximate surface area is 107 Å². The number of carbonyl (C=O) groups excluding carboxylic acids is 1. The van der Waals surface area contributed by atoms with Crippen molar-refractivity contribution in [2.75, 3.05) is 5.33 Å². The SMILES string of the molecule is CC(C)(CBr)NC(=O)c1cccc([N+](=O)[O-])c1. The van der Waals surface area contributed by atoms with Gasteiger partial charge in [0.05, 0.1) is 4.92 Å². The number of non-ortho nitro benzene ring substituents is 1. The van der Waals surface area contributed by atoms with Crippen LogP contribution in [-0.2, 0) is 0 Å². The maximum atomic E-state index is 11.8. The maximum Gasteiger partial charge on any atom is 0.270 e. The standard InChI is InChI=1S/C11H13BrN2O3/c1-11(2,7-12)13-10(15)8-4-3-5-9(6-8)14(16)17/h3-6H,7H2,1-2H3,(H,13,15). The van der Waals surface area contributed by atoms with Gasteiger partial charge in [0, 0.05) is 28.6 Å². The lowest BCUT2D eigenvalue weighted by atomic mass is 10.1. The summed E-state index contributed by atoms with van der Waals surface area (Å²) in [5, 5.41) is 14.0. The number of nitro benzene ring substituents is 1. The van der Waals surface area contributed by atoms with E-state index < -0.39 is 10.5 Å². The van der Waals surface area contributed by atoms with Crippen LogP contribution in [0.2, 0.25) is 0 Å². The number of hydrogen-bond donors (Lipinski definition) is 1. The normalized spacial score (nSPS) is 11.0. The molecule has 0 aliphatic rings. The van der Waals surface area contributed by atoms with Crippen LogP contribution in [0.25, 0.3) is 0 Å². The summed E-state index contributed by atoms with van der Waals surface area (Å²) in [4.78, 5) is 21.9. The summed E-state index contributed by atoms with van der Waals surface area (Å²) in [5.41, 5.74) is -0.204. The van der Waals surface area contributed by atoms with Crippen molar-refractivity contribution in [3.8, 4) is 0 Å². The van der Waals surface area contributed by atoms with Crippen LogP contribution >= 0.6 is 15.9 Å². The van der Waals surface area contributed by atoms with Crippen molar-refractivity contribution in [2.24, 2.45) is 0 Å². The fraction of sp³-hybridized carbons (Fsp3) is 0.364. The highest BCUT2D eigenvalue weighted by atomic mass is 79.9. The summed E-state index contributed by atoms with van der Waals surface area (Å²) in [6, 6.07) is 5.66. The van der Waals surface area contributed by atoms with E-state index in [0.717, 1.165) is 0 Å². The van der Waals surface area contributed by atoms with Crippen molar-refractivity contribution in [1.82, 2.24) is 5.32 Å². The fourth-order valence-corrected chi connectivity index (χ4v) is 1.31. The molecule has 0 spiro atoms. The highest BCUT2D eigenvalue weighted by Gasteiger charge is 2.20. The number of nitrogens with one attached hydrogen (secondary N) is 1. The highest BCUT2D eigenvalue weighted by molar-refractivity contribution is 9.09. The first-order valence-electron chi connectivity index (χ1n) is 4.99. The molecule has 0 unspecified atom stereocenters. The highest BCUT2D eigenvalue weighted by Crippen LogP contribution is 2.14. The monoisotopic (exact) mass is 300 g/mol. The van der Waals surface area contributed by atoms with Gasteiger partial charge in [-0.3, -0.25) is 14.9 Å². The maximum absolute atomic E-state index is 11.8. The zero-order valence-electron chi connectivity index (χ0n) is 9.57. The van der Waals surface area contributed by atoms with Crippen LogP contribution < -0.4 is 5.32 Å². The molecule has 0 bridgehead atoms. The molecule has 1 rings (SSSR count). The molecule has 0 radical (unpaired) electrons. The van der Waals surface area contributed by atoms with Crippen LogP contribution in [-0.4, -0.2) is 21.7 Å². The summed E-state index contributed by atoms with van der Waals surface area (Å²) in [6.45, 7) is 3.72. The van der Waals surface area contributed by atoms with Gasteiger partial charge in [-0.25, -0.2) is 0 Å². The second-order valence-electron chi connectivity index (χ2n) is 4.28. The van der Waals surface area contributed by atoms with Crippen molar-refractivity contribution in [3.63, 3.8) is 0 Å². The number of hydrogen-bond acceptors (Lipinski definition) is 3. The van der Waals surface area contributed by atoms with Gasteiger partial charge >= 0.3 is 0 Å². The van der Waals surface area contributed by atoms with Crippen LogP contribution in [0.1, 0.15) is 24.2 Å². The lowest BCUT2D eigenvalue weighted by Gasteiger charge is -2.23. The minimum absolute atomic E-state index is 0.0886. The Kier molecular flexibility index (Phi) is 4.22. The van der Waals surface area contributed by atoms with Crippen LogP contribution in [0.3, 0.4) is 0 Å². The van der Waals surface area contributed by atoms with Gasteiger partial charge in [-0.15, -0.1) is 0 Å². The first-order valence-corrected chi connectivity index (χ1v) is 6.11. The zero-order valence-corrected chi connectivity index (χ0v) is 11.2. The minimum atomic E-state index is -0.521.